The average molecular weight is 357 g/mol. The second-order valence-electron chi connectivity index (χ2n) is 8.71. The van der Waals surface area contributed by atoms with E-state index in [1.807, 2.05) is 6.92 Å². The number of rotatable bonds is 8. The summed E-state index contributed by atoms with van der Waals surface area (Å²) in [6.07, 6.45) is 5.14. The van der Waals surface area contributed by atoms with Crippen molar-refractivity contribution in [2.45, 2.75) is 59.0 Å². The van der Waals surface area contributed by atoms with Gasteiger partial charge >= 0.3 is 0 Å². The van der Waals surface area contributed by atoms with E-state index in [4.69, 9.17) is 5.73 Å². The van der Waals surface area contributed by atoms with Gasteiger partial charge in [0.1, 0.15) is 12.7 Å². The summed E-state index contributed by atoms with van der Waals surface area (Å²) < 4.78 is 0. The minimum Gasteiger partial charge on any atom is -0.330 e. The normalized spacial score (nSPS) is 31.6. The van der Waals surface area contributed by atoms with Crippen LogP contribution in [0.1, 0.15) is 52.9 Å². The number of nitrogens with two attached hydrogens (primary N) is 1. The van der Waals surface area contributed by atoms with Crippen LogP contribution in [0, 0.1) is 36.5 Å². The van der Waals surface area contributed by atoms with E-state index in [0.29, 0.717) is 6.54 Å². The van der Waals surface area contributed by atoms with Crippen LogP contribution in [0.25, 0.3) is 0 Å². The summed E-state index contributed by atoms with van der Waals surface area (Å²) in [4.78, 5) is 30.1. The number of hydrogen-bond donors (Lipinski definition) is 1. The molecule has 0 amide bonds. The van der Waals surface area contributed by atoms with Crippen LogP contribution in [0.4, 0.5) is 0 Å². The Hall–Kier alpha value is -1.90. The summed E-state index contributed by atoms with van der Waals surface area (Å²) in [7, 11) is 0. The molecule has 0 heterocycles. The fourth-order valence-electron chi connectivity index (χ4n) is 5.19. The average Bonchev–Trinajstić information content (AvgIpc) is 2.41. The first-order valence-electron chi connectivity index (χ1n) is 8.46. The quantitative estimate of drug-likeness (QED) is 0.401. The van der Waals surface area contributed by atoms with Crippen molar-refractivity contribution in [2.75, 3.05) is 13.2 Å². The summed E-state index contributed by atoms with van der Waals surface area (Å²) in [6, 6.07) is 0. The zero-order valence-corrected chi connectivity index (χ0v) is 15.0. The SMILES string of the molecule is CC1(C)CC2=CC(C)(CC(CO[N+](=O)[O-])O[N+](=O)[O-])CC(CN)(C2)C1. The van der Waals surface area contributed by atoms with Gasteiger partial charge in [0.05, 0.1) is 0 Å². The lowest BCUT2D eigenvalue weighted by atomic mass is 9.52. The van der Waals surface area contributed by atoms with Crippen molar-refractivity contribution in [3.8, 4) is 0 Å². The zero-order chi connectivity index (χ0) is 18.9. The van der Waals surface area contributed by atoms with E-state index in [1.54, 1.807) is 0 Å². The molecule has 1 fully saturated rings. The van der Waals surface area contributed by atoms with Crippen LogP contribution in [0.3, 0.4) is 0 Å². The van der Waals surface area contributed by atoms with Gasteiger partial charge in [-0.3, -0.25) is 0 Å². The molecular formula is C16H27N3O6. The molecule has 9 heteroatoms. The fraction of sp³-hybridized carbons (Fsp3) is 0.875. The maximum Gasteiger partial charge on any atom is 0.294 e. The fourth-order valence-corrected chi connectivity index (χ4v) is 5.19. The lowest BCUT2D eigenvalue weighted by Gasteiger charge is -2.53. The van der Waals surface area contributed by atoms with Crippen molar-refractivity contribution in [1.82, 2.24) is 0 Å². The molecule has 0 spiro atoms. The maximum absolute atomic E-state index is 10.7. The van der Waals surface area contributed by atoms with E-state index >= 15 is 0 Å². The van der Waals surface area contributed by atoms with Crippen molar-refractivity contribution >= 4 is 0 Å². The third-order valence-corrected chi connectivity index (χ3v) is 5.22. The number of fused-ring (bicyclic) bond motifs is 2. The lowest BCUT2D eigenvalue weighted by molar-refractivity contribution is -0.790. The van der Waals surface area contributed by atoms with E-state index in [1.165, 1.54) is 5.57 Å². The van der Waals surface area contributed by atoms with Gasteiger partial charge in [0, 0.05) is 0 Å². The van der Waals surface area contributed by atoms with E-state index in [0.717, 1.165) is 25.7 Å². The smallest absolute Gasteiger partial charge is 0.294 e. The first kappa shape index (κ1) is 19.4. The Morgan fingerprint density at radius 3 is 2.44 bits per heavy atom. The molecule has 0 saturated heterocycles. The monoisotopic (exact) mass is 357 g/mol. The second-order valence-corrected chi connectivity index (χ2v) is 8.71. The highest BCUT2D eigenvalue weighted by Crippen LogP contribution is 2.58. The molecule has 2 aliphatic rings. The molecule has 142 valence electrons. The Labute approximate surface area is 146 Å². The molecule has 2 aliphatic carbocycles. The molecule has 2 bridgehead atoms. The summed E-state index contributed by atoms with van der Waals surface area (Å²) in [5, 5.41) is 19.3. The molecule has 2 rings (SSSR count). The van der Waals surface area contributed by atoms with E-state index < -0.39 is 22.9 Å². The summed E-state index contributed by atoms with van der Waals surface area (Å²) >= 11 is 0. The molecule has 0 aromatic rings. The largest absolute Gasteiger partial charge is 0.330 e. The first-order valence-corrected chi connectivity index (χ1v) is 8.46. The Morgan fingerprint density at radius 1 is 1.20 bits per heavy atom. The van der Waals surface area contributed by atoms with Crippen LogP contribution in [0.2, 0.25) is 0 Å². The molecule has 2 N–H and O–H groups in total. The maximum atomic E-state index is 10.7. The van der Waals surface area contributed by atoms with Gasteiger partial charge in [-0.05, 0) is 54.9 Å². The van der Waals surface area contributed by atoms with Crippen molar-refractivity contribution in [3.63, 3.8) is 0 Å². The predicted octanol–water partition coefficient (Wildman–Crippen LogP) is 2.65. The molecule has 0 radical (unpaired) electrons. The number of allylic oxidation sites excluding steroid dienone is 2. The molecule has 0 aromatic heterocycles. The lowest BCUT2D eigenvalue weighted by Crippen LogP contribution is -2.47. The van der Waals surface area contributed by atoms with Crippen LogP contribution in [0.15, 0.2) is 11.6 Å². The van der Waals surface area contributed by atoms with E-state index in [9.17, 15) is 20.2 Å². The molecule has 25 heavy (non-hydrogen) atoms. The van der Waals surface area contributed by atoms with Crippen LogP contribution in [-0.2, 0) is 9.68 Å². The van der Waals surface area contributed by atoms with Gasteiger partial charge < -0.3 is 15.4 Å². The van der Waals surface area contributed by atoms with Crippen molar-refractivity contribution in [1.29, 1.82) is 0 Å². The number of hydrogen-bond acceptors (Lipinski definition) is 7. The summed E-state index contributed by atoms with van der Waals surface area (Å²) in [5.41, 5.74) is 7.19. The minimum absolute atomic E-state index is 0.0380. The van der Waals surface area contributed by atoms with Gasteiger partial charge in [-0.25, -0.2) is 0 Å². The Kier molecular flexibility index (Phi) is 5.27. The third kappa shape index (κ3) is 5.04. The van der Waals surface area contributed by atoms with Crippen molar-refractivity contribution in [2.24, 2.45) is 22.0 Å². The Morgan fingerprint density at radius 2 is 1.88 bits per heavy atom. The standard InChI is InChI=1S/C16H27N3O6/c1-14(2)4-12-5-15(3,10-16(6-12,9-14)11-17)7-13(25-19(22)23)8-24-18(20)21/h5,13H,4,6-11,17H2,1-3H3. The Bertz CT molecular complexity index is 578. The highest BCUT2D eigenvalue weighted by molar-refractivity contribution is 5.23. The second kappa shape index (κ2) is 6.78. The molecule has 9 nitrogen and oxygen atoms in total. The van der Waals surface area contributed by atoms with Gasteiger partial charge in [0.2, 0.25) is 0 Å². The first-order chi connectivity index (χ1) is 11.5. The van der Waals surface area contributed by atoms with Crippen molar-refractivity contribution < 1.29 is 19.8 Å². The summed E-state index contributed by atoms with van der Waals surface area (Å²) in [5.74, 6) is 0. The molecule has 3 atom stereocenters. The molecule has 0 aliphatic heterocycles. The molecular weight excluding hydrogens is 330 g/mol. The summed E-state index contributed by atoms with van der Waals surface area (Å²) in [6.45, 7) is 6.56. The number of nitrogens with zero attached hydrogens (tertiary/aromatic N) is 2. The molecule has 3 unspecified atom stereocenters. The van der Waals surface area contributed by atoms with Crippen LogP contribution >= 0.6 is 0 Å². The minimum atomic E-state index is -0.996. The van der Waals surface area contributed by atoms with Gasteiger partial charge in [0.25, 0.3) is 10.2 Å². The van der Waals surface area contributed by atoms with Crippen LogP contribution in [-0.4, -0.2) is 29.4 Å². The highest BCUT2D eigenvalue weighted by Gasteiger charge is 2.48. The molecule has 1 saturated carbocycles. The van der Waals surface area contributed by atoms with Crippen LogP contribution in [0.5, 0.6) is 0 Å². The Balaban J connectivity index is 2.21. The predicted molar refractivity (Wildman–Crippen MR) is 89.4 cm³/mol. The van der Waals surface area contributed by atoms with Crippen molar-refractivity contribution in [3.05, 3.63) is 31.9 Å². The topological polar surface area (TPSA) is 131 Å². The van der Waals surface area contributed by atoms with Crippen LogP contribution < -0.4 is 5.73 Å². The third-order valence-electron chi connectivity index (χ3n) is 5.22. The van der Waals surface area contributed by atoms with E-state index in [-0.39, 0.29) is 22.7 Å². The van der Waals surface area contributed by atoms with Gasteiger partial charge in [-0.2, -0.15) is 0 Å². The van der Waals surface area contributed by atoms with Gasteiger partial charge in [-0.1, -0.05) is 32.4 Å². The van der Waals surface area contributed by atoms with E-state index in [2.05, 4.69) is 29.6 Å². The zero-order valence-electron chi connectivity index (χ0n) is 15.0. The van der Waals surface area contributed by atoms with Gasteiger partial charge in [-0.15, -0.1) is 20.2 Å². The molecule has 0 aromatic carbocycles. The van der Waals surface area contributed by atoms with Gasteiger partial charge in [0.15, 0.2) is 0 Å². The highest BCUT2D eigenvalue weighted by atomic mass is 17.0.